The zero-order chi connectivity index (χ0) is 14.8. The van der Waals surface area contributed by atoms with Gasteiger partial charge in [-0.2, -0.15) is 5.10 Å². The molecule has 1 N–H and O–H groups in total. The van der Waals surface area contributed by atoms with Gasteiger partial charge in [0.2, 0.25) is 0 Å². The number of rotatable bonds is 6. The van der Waals surface area contributed by atoms with Gasteiger partial charge >= 0.3 is 0 Å². The van der Waals surface area contributed by atoms with E-state index in [4.69, 9.17) is 11.6 Å². The van der Waals surface area contributed by atoms with E-state index >= 15 is 0 Å². The average Bonchev–Trinajstić information content (AvgIpc) is 2.36. The Kier molecular flexibility index (Phi) is 4.74. The van der Waals surface area contributed by atoms with Gasteiger partial charge in [0.15, 0.2) is 0 Å². The lowest BCUT2D eigenvalue weighted by atomic mass is 9.67. The zero-order valence-electron chi connectivity index (χ0n) is 12.6. The summed E-state index contributed by atoms with van der Waals surface area (Å²) in [6.07, 6.45) is 6.65. The molecule has 2 rings (SSSR count). The highest BCUT2D eigenvalue weighted by Gasteiger charge is 2.34. The third kappa shape index (κ3) is 3.17. The van der Waals surface area contributed by atoms with E-state index in [-0.39, 0.29) is 10.6 Å². The van der Waals surface area contributed by atoms with Crippen molar-refractivity contribution in [2.24, 2.45) is 11.3 Å². The molecule has 5 heteroatoms. The van der Waals surface area contributed by atoms with Crippen LogP contribution in [-0.2, 0) is 6.54 Å². The van der Waals surface area contributed by atoms with Crippen LogP contribution >= 0.6 is 11.6 Å². The van der Waals surface area contributed by atoms with Crippen LogP contribution in [0.2, 0.25) is 5.02 Å². The fourth-order valence-electron chi connectivity index (χ4n) is 2.68. The van der Waals surface area contributed by atoms with Gasteiger partial charge in [-0.15, -0.1) is 0 Å². The molecule has 0 aliphatic heterocycles. The van der Waals surface area contributed by atoms with Crippen LogP contribution in [0.3, 0.4) is 0 Å². The van der Waals surface area contributed by atoms with Crippen LogP contribution in [0.4, 0.5) is 5.69 Å². The summed E-state index contributed by atoms with van der Waals surface area (Å²) < 4.78 is 1.44. The molecule has 0 aromatic carbocycles. The predicted molar refractivity (Wildman–Crippen MR) is 83.4 cm³/mol. The highest BCUT2D eigenvalue weighted by molar-refractivity contribution is 6.32. The smallest absolute Gasteiger partial charge is 0.287 e. The van der Waals surface area contributed by atoms with Gasteiger partial charge < -0.3 is 5.32 Å². The predicted octanol–water partition coefficient (Wildman–Crippen LogP) is 3.54. The molecule has 1 aliphatic rings. The number of hydrogen-bond acceptors (Lipinski definition) is 3. The molecular weight excluding hydrogens is 274 g/mol. The first kappa shape index (κ1) is 15.4. The fraction of sp³-hybridized carbons (Fsp3) is 0.733. The Bertz CT molecular complexity index is 515. The Balaban J connectivity index is 2.09. The van der Waals surface area contributed by atoms with E-state index in [0.29, 0.717) is 23.6 Å². The van der Waals surface area contributed by atoms with E-state index in [2.05, 4.69) is 31.2 Å². The second-order valence-corrected chi connectivity index (χ2v) is 6.69. The Morgan fingerprint density at radius 2 is 2.20 bits per heavy atom. The van der Waals surface area contributed by atoms with Gasteiger partial charge in [-0.1, -0.05) is 38.8 Å². The van der Waals surface area contributed by atoms with E-state index in [1.165, 1.54) is 23.9 Å². The quantitative estimate of drug-likeness (QED) is 0.873. The number of halogens is 1. The minimum Gasteiger partial charge on any atom is -0.382 e. The maximum absolute atomic E-state index is 12.1. The van der Waals surface area contributed by atoms with E-state index < -0.39 is 0 Å². The zero-order valence-corrected chi connectivity index (χ0v) is 13.3. The summed E-state index contributed by atoms with van der Waals surface area (Å²) >= 11 is 6.18. The molecular formula is C15H24ClN3O. The third-order valence-corrected chi connectivity index (χ3v) is 4.71. The van der Waals surface area contributed by atoms with Gasteiger partial charge in [0.1, 0.15) is 5.02 Å². The van der Waals surface area contributed by atoms with Crippen molar-refractivity contribution in [3.63, 3.8) is 0 Å². The van der Waals surface area contributed by atoms with Crippen molar-refractivity contribution >= 4 is 17.3 Å². The molecule has 1 fully saturated rings. The molecule has 0 unspecified atom stereocenters. The molecule has 112 valence electrons. The maximum Gasteiger partial charge on any atom is 0.287 e. The van der Waals surface area contributed by atoms with Crippen molar-refractivity contribution < 1.29 is 0 Å². The molecule has 1 aromatic rings. The number of aromatic nitrogens is 2. The molecule has 1 aliphatic carbocycles. The molecule has 4 nitrogen and oxygen atoms in total. The molecule has 0 atom stereocenters. The summed E-state index contributed by atoms with van der Waals surface area (Å²) in [4.78, 5) is 12.1. The lowest BCUT2D eigenvalue weighted by Crippen LogP contribution is -2.36. The minimum atomic E-state index is -0.204. The van der Waals surface area contributed by atoms with Crippen LogP contribution in [0.25, 0.3) is 0 Å². The second kappa shape index (κ2) is 6.17. The Hall–Kier alpha value is -1.03. The van der Waals surface area contributed by atoms with Crippen LogP contribution in [0.1, 0.15) is 46.5 Å². The first-order chi connectivity index (χ1) is 9.47. The van der Waals surface area contributed by atoms with Crippen molar-refractivity contribution in [2.45, 2.75) is 53.0 Å². The number of anilines is 1. The summed E-state index contributed by atoms with van der Waals surface area (Å²) in [5, 5.41) is 7.78. The lowest BCUT2D eigenvalue weighted by molar-refractivity contribution is 0.145. The number of nitrogens with zero attached hydrogens (tertiary/aromatic N) is 2. The number of hydrogen-bond donors (Lipinski definition) is 1. The normalized spacial score (nSPS) is 17.1. The SMILES string of the molecule is CCC1(CNc2cnn(CC(C)C)c(=O)c2Cl)CCC1. The Labute approximate surface area is 125 Å². The van der Waals surface area contributed by atoms with Crippen molar-refractivity contribution in [3.8, 4) is 0 Å². The van der Waals surface area contributed by atoms with Crippen LogP contribution < -0.4 is 10.9 Å². The lowest BCUT2D eigenvalue weighted by Gasteiger charge is -2.41. The summed E-state index contributed by atoms with van der Waals surface area (Å²) in [7, 11) is 0. The van der Waals surface area contributed by atoms with Gasteiger partial charge in [0.25, 0.3) is 5.56 Å². The molecule has 0 bridgehead atoms. The largest absolute Gasteiger partial charge is 0.382 e. The van der Waals surface area contributed by atoms with Gasteiger partial charge in [0, 0.05) is 13.1 Å². The summed E-state index contributed by atoms with van der Waals surface area (Å²) in [5.74, 6) is 0.369. The molecule has 20 heavy (non-hydrogen) atoms. The molecule has 0 spiro atoms. The first-order valence-electron chi connectivity index (χ1n) is 7.47. The van der Waals surface area contributed by atoms with E-state index in [1.807, 2.05) is 0 Å². The minimum absolute atomic E-state index is 0.204. The van der Waals surface area contributed by atoms with Crippen molar-refractivity contribution in [3.05, 3.63) is 21.6 Å². The molecule has 0 amide bonds. The molecule has 0 radical (unpaired) electrons. The van der Waals surface area contributed by atoms with Gasteiger partial charge in [-0.25, -0.2) is 4.68 Å². The van der Waals surface area contributed by atoms with Gasteiger partial charge in [0.05, 0.1) is 11.9 Å². The maximum atomic E-state index is 12.1. The standard InChI is InChI=1S/C15H24ClN3O/c1-4-15(6-5-7-15)10-17-12-8-18-19(9-11(2)3)14(20)13(12)16/h8,11,17H,4-7,9-10H2,1-3H3. The summed E-state index contributed by atoms with van der Waals surface area (Å²) in [6.45, 7) is 7.79. The number of nitrogens with one attached hydrogen (secondary N) is 1. The summed E-state index contributed by atoms with van der Waals surface area (Å²) in [5.41, 5.74) is 0.844. The van der Waals surface area contributed by atoms with E-state index in [1.54, 1.807) is 6.20 Å². The first-order valence-corrected chi connectivity index (χ1v) is 7.85. The van der Waals surface area contributed by atoms with E-state index in [9.17, 15) is 4.79 Å². The topological polar surface area (TPSA) is 46.9 Å². The third-order valence-electron chi connectivity index (χ3n) is 4.34. The van der Waals surface area contributed by atoms with Crippen molar-refractivity contribution in [1.29, 1.82) is 0 Å². The van der Waals surface area contributed by atoms with Crippen LogP contribution in [-0.4, -0.2) is 16.3 Å². The van der Waals surface area contributed by atoms with Gasteiger partial charge in [-0.05, 0) is 30.6 Å². The fourth-order valence-corrected chi connectivity index (χ4v) is 2.89. The average molecular weight is 298 g/mol. The highest BCUT2D eigenvalue weighted by Crippen LogP contribution is 2.43. The Morgan fingerprint density at radius 1 is 1.50 bits per heavy atom. The molecule has 1 saturated carbocycles. The Morgan fingerprint density at radius 3 is 2.70 bits per heavy atom. The molecule has 1 heterocycles. The molecule has 0 saturated heterocycles. The molecule has 1 aromatic heterocycles. The van der Waals surface area contributed by atoms with Crippen molar-refractivity contribution in [2.75, 3.05) is 11.9 Å². The van der Waals surface area contributed by atoms with Crippen LogP contribution in [0, 0.1) is 11.3 Å². The summed E-state index contributed by atoms with van der Waals surface area (Å²) in [6, 6.07) is 0. The van der Waals surface area contributed by atoms with Crippen molar-refractivity contribution in [1.82, 2.24) is 9.78 Å². The van der Waals surface area contributed by atoms with E-state index in [0.717, 1.165) is 13.0 Å². The highest BCUT2D eigenvalue weighted by atomic mass is 35.5. The monoisotopic (exact) mass is 297 g/mol. The van der Waals surface area contributed by atoms with Crippen LogP contribution in [0.5, 0.6) is 0 Å². The van der Waals surface area contributed by atoms with Gasteiger partial charge in [-0.3, -0.25) is 4.79 Å². The van der Waals surface area contributed by atoms with Crippen LogP contribution in [0.15, 0.2) is 11.0 Å². The second-order valence-electron chi connectivity index (χ2n) is 6.31.